The van der Waals surface area contributed by atoms with E-state index in [0.717, 1.165) is 11.1 Å². The molecule has 0 atom stereocenters. The van der Waals surface area contributed by atoms with Crippen LogP contribution in [0.1, 0.15) is 5.56 Å². The Labute approximate surface area is 142 Å². The second-order valence-electron chi connectivity index (χ2n) is 5.19. The second-order valence-corrected chi connectivity index (χ2v) is 5.59. The molecule has 0 unspecified atom stereocenters. The molecule has 0 aliphatic carbocycles. The molecular weight excluding hydrogens is 333 g/mol. The maximum Gasteiger partial charge on any atom is 0.248 e. The fraction of sp³-hybridized carbons (Fsp3) is 0.125. The van der Waals surface area contributed by atoms with Crippen LogP contribution in [-0.4, -0.2) is 26.1 Å². The Morgan fingerprint density at radius 2 is 2.00 bits per heavy atom. The molecule has 0 spiro atoms. The fourth-order valence-corrected chi connectivity index (χ4v) is 2.21. The number of carbonyl (C=O) groups is 1. The predicted octanol–water partition coefficient (Wildman–Crippen LogP) is 3.08. The van der Waals surface area contributed by atoms with Crippen LogP contribution >= 0.6 is 11.6 Å². The van der Waals surface area contributed by atoms with Crippen molar-refractivity contribution in [3.05, 3.63) is 58.9 Å². The molecule has 0 radical (unpaired) electrons. The lowest BCUT2D eigenvalue weighted by atomic mass is 10.1. The molecule has 0 fully saturated rings. The lowest BCUT2D eigenvalue weighted by molar-refractivity contribution is -0.117. The van der Waals surface area contributed by atoms with Crippen LogP contribution in [0.3, 0.4) is 0 Å². The third-order valence-electron chi connectivity index (χ3n) is 3.25. The summed E-state index contributed by atoms with van der Waals surface area (Å²) in [5.74, 6) is -0.478. The zero-order chi connectivity index (χ0) is 17.1. The van der Waals surface area contributed by atoms with E-state index < -0.39 is 5.82 Å². The van der Waals surface area contributed by atoms with Crippen molar-refractivity contribution in [3.63, 3.8) is 0 Å². The van der Waals surface area contributed by atoms with E-state index in [1.807, 2.05) is 31.2 Å². The molecular formula is C16H13ClFN5O. The SMILES string of the molecule is Cc1ccc(-c2nnn(CC(=O)Nc3ccc(F)c(Cl)c3)n2)cc1. The molecule has 2 aromatic carbocycles. The highest BCUT2D eigenvalue weighted by atomic mass is 35.5. The molecule has 1 N–H and O–H groups in total. The summed E-state index contributed by atoms with van der Waals surface area (Å²) < 4.78 is 13.1. The van der Waals surface area contributed by atoms with Gasteiger partial charge in [0.1, 0.15) is 12.4 Å². The number of nitrogens with zero attached hydrogens (tertiary/aromatic N) is 4. The van der Waals surface area contributed by atoms with Crippen LogP contribution < -0.4 is 5.32 Å². The Balaban J connectivity index is 1.66. The van der Waals surface area contributed by atoms with E-state index in [-0.39, 0.29) is 17.5 Å². The second kappa shape index (κ2) is 6.76. The van der Waals surface area contributed by atoms with E-state index in [1.165, 1.54) is 23.0 Å². The van der Waals surface area contributed by atoms with Gasteiger partial charge in [0.15, 0.2) is 0 Å². The number of nitrogens with one attached hydrogen (secondary N) is 1. The van der Waals surface area contributed by atoms with Gasteiger partial charge in [0.25, 0.3) is 0 Å². The third kappa shape index (κ3) is 3.75. The molecule has 0 bridgehead atoms. The first-order valence-corrected chi connectivity index (χ1v) is 7.49. The number of hydrogen-bond donors (Lipinski definition) is 1. The minimum Gasteiger partial charge on any atom is -0.324 e. The van der Waals surface area contributed by atoms with Crippen molar-refractivity contribution in [1.82, 2.24) is 20.2 Å². The summed E-state index contributed by atoms with van der Waals surface area (Å²) in [5, 5.41) is 14.5. The number of aryl methyl sites for hydroxylation is 1. The number of benzene rings is 2. The van der Waals surface area contributed by atoms with Gasteiger partial charge >= 0.3 is 0 Å². The smallest absolute Gasteiger partial charge is 0.248 e. The number of rotatable bonds is 4. The largest absolute Gasteiger partial charge is 0.324 e. The molecule has 8 heteroatoms. The lowest BCUT2D eigenvalue weighted by Gasteiger charge is -2.05. The topological polar surface area (TPSA) is 72.7 Å². The van der Waals surface area contributed by atoms with Crippen molar-refractivity contribution < 1.29 is 9.18 Å². The van der Waals surface area contributed by atoms with Gasteiger partial charge in [-0.05, 0) is 30.3 Å². The van der Waals surface area contributed by atoms with E-state index >= 15 is 0 Å². The lowest BCUT2D eigenvalue weighted by Crippen LogP contribution is -2.20. The zero-order valence-electron chi connectivity index (χ0n) is 12.7. The standard InChI is InChI=1S/C16H13ClFN5O/c1-10-2-4-11(5-3-10)16-20-22-23(21-16)9-15(24)19-12-6-7-14(18)13(17)8-12/h2-8H,9H2,1H3,(H,19,24). The highest BCUT2D eigenvalue weighted by Crippen LogP contribution is 2.19. The molecule has 0 saturated heterocycles. The van der Waals surface area contributed by atoms with Gasteiger partial charge < -0.3 is 5.32 Å². The number of carbonyl (C=O) groups excluding carboxylic acids is 1. The first-order valence-electron chi connectivity index (χ1n) is 7.11. The number of halogens is 2. The highest BCUT2D eigenvalue weighted by molar-refractivity contribution is 6.31. The molecule has 0 aliphatic heterocycles. The maximum atomic E-state index is 13.1. The van der Waals surface area contributed by atoms with Crippen LogP contribution in [0.2, 0.25) is 5.02 Å². The highest BCUT2D eigenvalue weighted by Gasteiger charge is 2.10. The van der Waals surface area contributed by atoms with Crippen LogP contribution in [0.15, 0.2) is 42.5 Å². The summed E-state index contributed by atoms with van der Waals surface area (Å²) in [6, 6.07) is 11.6. The number of amides is 1. The summed E-state index contributed by atoms with van der Waals surface area (Å²) >= 11 is 5.67. The van der Waals surface area contributed by atoms with Gasteiger partial charge in [0, 0.05) is 11.3 Å². The average molecular weight is 346 g/mol. The number of tetrazole rings is 1. The molecule has 0 aliphatic rings. The van der Waals surface area contributed by atoms with Crippen LogP contribution in [0.4, 0.5) is 10.1 Å². The molecule has 3 rings (SSSR count). The first kappa shape index (κ1) is 16.1. The molecule has 122 valence electrons. The van der Waals surface area contributed by atoms with Crippen molar-refractivity contribution in [2.75, 3.05) is 5.32 Å². The zero-order valence-corrected chi connectivity index (χ0v) is 13.5. The minimum atomic E-state index is -0.546. The number of hydrogen-bond acceptors (Lipinski definition) is 4. The van der Waals surface area contributed by atoms with E-state index in [1.54, 1.807) is 0 Å². The van der Waals surface area contributed by atoms with Gasteiger partial charge in [0.2, 0.25) is 11.7 Å². The molecule has 3 aromatic rings. The third-order valence-corrected chi connectivity index (χ3v) is 3.54. The van der Waals surface area contributed by atoms with Crippen LogP contribution in [0.25, 0.3) is 11.4 Å². The summed E-state index contributed by atoms with van der Waals surface area (Å²) in [7, 11) is 0. The van der Waals surface area contributed by atoms with E-state index in [2.05, 4.69) is 20.7 Å². The number of aromatic nitrogens is 4. The van der Waals surface area contributed by atoms with Crippen molar-refractivity contribution in [2.45, 2.75) is 13.5 Å². The molecule has 1 aromatic heterocycles. The molecule has 1 amide bonds. The van der Waals surface area contributed by atoms with E-state index in [9.17, 15) is 9.18 Å². The Morgan fingerprint density at radius 3 is 2.71 bits per heavy atom. The summed E-state index contributed by atoms with van der Waals surface area (Å²) in [6.07, 6.45) is 0. The molecule has 0 saturated carbocycles. The van der Waals surface area contributed by atoms with Gasteiger partial charge in [0.05, 0.1) is 5.02 Å². The van der Waals surface area contributed by atoms with Gasteiger partial charge in [-0.1, -0.05) is 41.4 Å². The fourth-order valence-electron chi connectivity index (χ4n) is 2.03. The Morgan fingerprint density at radius 1 is 1.25 bits per heavy atom. The summed E-state index contributed by atoms with van der Waals surface area (Å²) in [5.41, 5.74) is 2.34. The van der Waals surface area contributed by atoms with Crippen molar-refractivity contribution in [1.29, 1.82) is 0 Å². The minimum absolute atomic E-state index is 0.0617. The average Bonchev–Trinajstić information content (AvgIpc) is 3.00. The van der Waals surface area contributed by atoms with E-state index in [0.29, 0.717) is 11.5 Å². The van der Waals surface area contributed by atoms with Crippen LogP contribution in [-0.2, 0) is 11.3 Å². The Bertz CT molecular complexity index is 878. The van der Waals surface area contributed by atoms with Gasteiger partial charge in [-0.3, -0.25) is 4.79 Å². The monoisotopic (exact) mass is 345 g/mol. The molecule has 1 heterocycles. The molecule has 6 nitrogen and oxygen atoms in total. The predicted molar refractivity (Wildman–Crippen MR) is 88.0 cm³/mol. The Hall–Kier alpha value is -2.80. The Kier molecular flexibility index (Phi) is 4.52. The first-order chi connectivity index (χ1) is 11.5. The van der Waals surface area contributed by atoms with Gasteiger partial charge in [-0.15, -0.1) is 10.2 Å². The van der Waals surface area contributed by atoms with Crippen molar-refractivity contribution in [2.24, 2.45) is 0 Å². The number of anilines is 1. The van der Waals surface area contributed by atoms with Crippen molar-refractivity contribution >= 4 is 23.2 Å². The van der Waals surface area contributed by atoms with Crippen LogP contribution in [0, 0.1) is 12.7 Å². The van der Waals surface area contributed by atoms with E-state index in [4.69, 9.17) is 11.6 Å². The summed E-state index contributed by atoms with van der Waals surface area (Å²) in [4.78, 5) is 13.2. The van der Waals surface area contributed by atoms with Crippen molar-refractivity contribution in [3.8, 4) is 11.4 Å². The summed E-state index contributed by atoms with van der Waals surface area (Å²) in [6.45, 7) is 1.87. The maximum absolute atomic E-state index is 13.1. The van der Waals surface area contributed by atoms with Gasteiger partial charge in [-0.2, -0.15) is 4.80 Å². The molecule has 24 heavy (non-hydrogen) atoms. The van der Waals surface area contributed by atoms with Gasteiger partial charge in [-0.25, -0.2) is 4.39 Å². The quantitative estimate of drug-likeness (QED) is 0.788. The van der Waals surface area contributed by atoms with Crippen LogP contribution in [0.5, 0.6) is 0 Å². The normalized spacial score (nSPS) is 10.6.